The maximum Gasteiger partial charge on any atom is 0.234 e. The highest BCUT2D eigenvalue weighted by molar-refractivity contribution is 8.00. The molecule has 6 heteroatoms. The first kappa shape index (κ1) is 16.5. The first-order chi connectivity index (χ1) is 11.5. The summed E-state index contributed by atoms with van der Waals surface area (Å²) in [5, 5.41) is 2.65. The van der Waals surface area contributed by atoms with Crippen molar-refractivity contribution in [1.29, 1.82) is 0 Å². The fourth-order valence-electron chi connectivity index (χ4n) is 2.62. The molecule has 0 bridgehead atoms. The number of hydrogen-bond donors (Lipinski definition) is 1. The van der Waals surface area contributed by atoms with Gasteiger partial charge in [-0.05, 0) is 35.4 Å². The van der Waals surface area contributed by atoms with Gasteiger partial charge in [-0.2, -0.15) is 0 Å². The van der Waals surface area contributed by atoms with Crippen molar-refractivity contribution < 1.29 is 14.0 Å². The van der Waals surface area contributed by atoms with Crippen LogP contribution in [0.2, 0.25) is 0 Å². The van der Waals surface area contributed by atoms with Gasteiger partial charge in [0.05, 0.1) is 5.75 Å². The number of halogens is 1. The van der Waals surface area contributed by atoms with Crippen LogP contribution in [0.4, 0.5) is 10.1 Å². The number of rotatable bonds is 4. The predicted molar refractivity (Wildman–Crippen MR) is 92.9 cm³/mol. The van der Waals surface area contributed by atoms with Gasteiger partial charge in [0.25, 0.3) is 0 Å². The third kappa shape index (κ3) is 3.76. The van der Waals surface area contributed by atoms with Crippen LogP contribution < -0.4 is 5.32 Å². The smallest absolute Gasteiger partial charge is 0.234 e. The van der Waals surface area contributed by atoms with E-state index in [-0.39, 0.29) is 23.0 Å². The van der Waals surface area contributed by atoms with Gasteiger partial charge in [-0.15, -0.1) is 11.8 Å². The van der Waals surface area contributed by atoms with Crippen molar-refractivity contribution in [2.24, 2.45) is 0 Å². The molecular formula is C18H17FN2O2S. The Bertz CT molecular complexity index is 747. The van der Waals surface area contributed by atoms with Gasteiger partial charge in [-0.25, -0.2) is 4.39 Å². The van der Waals surface area contributed by atoms with Gasteiger partial charge in [0.1, 0.15) is 11.2 Å². The molecule has 1 heterocycles. The Kier molecular flexibility index (Phi) is 4.85. The topological polar surface area (TPSA) is 49.4 Å². The molecule has 1 aliphatic rings. The van der Waals surface area contributed by atoms with E-state index in [2.05, 4.69) is 5.32 Å². The normalized spacial score (nSPS) is 17.2. The number of anilines is 1. The van der Waals surface area contributed by atoms with Crippen LogP contribution in [0.1, 0.15) is 23.4 Å². The molecule has 0 radical (unpaired) electrons. The van der Waals surface area contributed by atoms with E-state index in [0.717, 1.165) is 16.8 Å². The molecule has 3 rings (SSSR count). The zero-order chi connectivity index (χ0) is 17.1. The average molecular weight is 344 g/mol. The van der Waals surface area contributed by atoms with Gasteiger partial charge < -0.3 is 10.2 Å². The molecule has 1 fully saturated rings. The molecule has 0 aromatic heterocycles. The monoisotopic (exact) mass is 344 g/mol. The van der Waals surface area contributed by atoms with Gasteiger partial charge in [0.15, 0.2) is 0 Å². The molecule has 124 valence electrons. The molecule has 1 aliphatic heterocycles. The third-order valence-electron chi connectivity index (χ3n) is 3.75. The summed E-state index contributed by atoms with van der Waals surface area (Å²) in [6.45, 7) is 1.91. The Labute approximate surface area is 144 Å². The van der Waals surface area contributed by atoms with Gasteiger partial charge in [0, 0.05) is 19.2 Å². The van der Waals surface area contributed by atoms with E-state index in [1.54, 1.807) is 28.8 Å². The predicted octanol–water partition coefficient (Wildman–Crippen LogP) is 3.56. The molecule has 1 saturated heterocycles. The van der Waals surface area contributed by atoms with Gasteiger partial charge in [-0.1, -0.05) is 24.3 Å². The average Bonchev–Trinajstić information content (AvgIpc) is 2.91. The van der Waals surface area contributed by atoms with Crippen LogP contribution in [0.3, 0.4) is 0 Å². The van der Waals surface area contributed by atoms with Crippen LogP contribution in [0.5, 0.6) is 0 Å². The molecule has 0 saturated carbocycles. The van der Waals surface area contributed by atoms with E-state index < -0.39 is 0 Å². The summed E-state index contributed by atoms with van der Waals surface area (Å²) < 4.78 is 13.0. The van der Waals surface area contributed by atoms with Crippen molar-refractivity contribution in [2.75, 3.05) is 11.1 Å². The number of thioether (sulfide) groups is 1. The maximum absolute atomic E-state index is 13.0. The van der Waals surface area contributed by atoms with Crippen LogP contribution in [0, 0.1) is 5.82 Å². The number of nitrogens with one attached hydrogen (secondary N) is 1. The lowest BCUT2D eigenvalue weighted by molar-refractivity contribution is -0.128. The standard InChI is InChI=1S/C18H17FN2O2S/c1-12(22)20-16-8-4-14(5-9-16)18-21(17(23)11-24-18)10-13-2-6-15(19)7-3-13/h2-9,18H,10-11H2,1H3,(H,20,22). The SMILES string of the molecule is CC(=O)Nc1ccc(C2SCC(=O)N2Cc2ccc(F)cc2)cc1. The highest BCUT2D eigenvalue weighted by atomic mass is 32.2. The summed E-state index contributed by atoms with van der Waals surface area (Å²) in [7, 11) is 0. The van der Waals surface area contributed by atoms with Crippen LogP contribution in [-0.2, 0) is 16.1 Å². The van der Waals surface area contributed by atoms with Crippen molar-refractivity contribution in [1.82, 2.24) is 4.90 Å². The summed E-state index contributed by atoms with van der Waals surface area (Å²) in [6, 6.07) is 13.7. The number of nitrogens with zero attached hydrogens (tertiary/aromatic N) is 1. The molecule has 2 aromatic rings. The number of hydrogen-bond acceptors (Lipinski definition) is 3. The van der Waals surface area contributed by atoms with Crippen LogP contribution in [0.15, 0.2) is 48.5 Å². The second-order valence-electron chi connectivity index (χ2n) is 5.61. The molecule has 0 spiro atoms. The number of amides is 2. The fourth-order valence-corrected chi connectivity index (χ4v) is 3.81. The lowest BCUT2D eigenvalue weighted by Gasteiger charge is -2.24. The van der Waals surface area contributed by atoms with E-state index >= 15 is 0 Å². The third-order valence-corrected chi connectivity index (χ3v) is 5.01. The lowest BCUT2D eigenvalue weighted by atomic mass is 10.1. The maximum atomic E-state index is 13.0. The van der Waals surface area contributed by atoms with Crippen LogP contribution in [-0.4, -0.2) is 22.5 Å². The zero-order valence-electron chi connectivity index (χ0n) is 13.2. The van der Waals surface area contributed by atoms with Crippen LogP contribution >= 0.6 is 11.8 Å². The minimum atomic E-state index is -0.286. The highest BCUT2D eigenvalue weighted by Gasteiger charge is 2.32. The van der Waals surface area contributed by atoms with E-state index in [9.17, 15) is 14.0 Å². The van der Waals surface area contributed by atoms with Gasteiger partial charge in [0.2, 0.25) is 11.8 Å². The minimum Gasteiger partial charge on any atom is -0.326 e. The summed E-state index contributed by atoms with van der Waals surface area (Å²) in [6.07, 6.45) is 0. The summed E-state index contributed by atoms with van der Waals surface area (Å²) in [4.78, 5) is 25.1. The van der Waals surface area contributed by atoms with Crippen molar-refractivity contribution in [3.8, 4) is 0 Å². The summed E-state index contributed by atoms with van der Waals surface area (Å²) in [5.74, 6) is 0.0941. The number of carbonyl (C=O) groups excluding carboxylic acids is 2. The molecular weight excluding hydrogens is 327 g/mol. The summed E-state index contributed by atoms with van der Waals surface area (Å²) >= 11 is 1.57. The van der Waals surface area contributed by atoms with Crippen molar-refractivity contribution in [3.63, 3.8) is 0 Å². The van der Waals surface area contributed by atoms with Gasteiger partial charge >= 0.3 is 0 Å². The molecule has 2 aromatic carbocycles. The summed E-state index contributed by atoms with van der Waals surface area (Å²) in [5.41, 5.74) is 2.62. The van der Waals surface area contributed by atoms with E-state index in [1.165, 1.54) is 19.1 Å². The van der Waals surface area contributed by atoms with E-state index in [1.807, 2.05) is 24.3 Å². The first-order valence-corrected chi connectivity index (χ1v) is 8.61. The minimum absolute atomic E-state index is 0.0697. The zero-order valence-corrected chi connectivity index (χ0v) is 14.0. The molecule has 1 N–H and O–H groups in total. The van der Waals surface area contributed by atoms with E-state index in [0.29, 0.717) is 12.3 Å². The van der Waals surface area contributed by atoms with Crippen molar-refractivity contribution >= 4 is 29.3 Å². The highest BCUT2D eigenvalue weighted by Crippen LogP contribution is 2.39. The van der Waals surface area contributed by atoms with Crippen molar-refractivity contribution in [3.05, 3.63) is 65.5 Å². The number of benzene rings is 2. The Balaban J connectivity index is 1.77. The Hall–Kier alpha value is -2.34. The molecule has 24 heavy (non-hydrogen) atoms. The Morgan fingerprint density at radius 1 is 1.21 bits per heavy atom. The Morgan fingerprint density at radius 3 is 2.50 bits per heavy atom. The first-order valence-electron chi connectivity index (χ1n) is 7.56. The molecule has 1 atom stereocenters. The van der Waals surface area contributed by atoms with Gasteiger partial charge in [-0.3, -0.25) is 9.59 Å². The molecule has 4 nitrogen and oxygen atoms in total. The lowest BCUT2D eigenvalue weighted by Crippen LogP contribution is -2.27. The van der Waals surface area contributed by atoms with Crippen molar-refractivity contribution in [2.45, 2.75) is 18.8 Å². The molecule has 1 unspecified atom stereocenters. The Morgan fingerprint density at radius 2 is 1.88 bits per heavy atom. The second kappa shape index (κ2) is 7.05. The number of carbonyl (C=O) groups is 2. The molecule has 2 amide bonds. The largest absolute Gasteiger partial charge is 0.326 e. The van der Waals surface area contributed by atoms with E-state index in [4.69, 9.17) is 0 Å². The quantitative estimate of drug-likeness (QED) is 0.923. The molecule has 0 aliphatic carbocycles. The fraction of sp³-hybridized carbons (Fsp3) is 0.222. The second-order valence-corrected chi connectivity index (χ2v) is 6.68. The van der Waals surface area contributed by atoms with Crippen LogP contribution in [0.25, 0.3) is 0 Å².